The molecule has 0 radical (unpaired) electrons. The number of aromatic nitrogens is 2. The zero-order valence-corrected chi connectivity index (χ0v) is 18.1. The fourth-order valence-electron chi connectivity index (χ4n) is 1.79. The lowest BCUT2D eigenvalue weighted by atomic mass is 10.2. The molecule has 7 nitrogen and oxygen atoms in total. The van der Waals surface area contributed by atoms with Crippen LogP contribution in [-0.4, -0.2) is 38.6 Å². The first-order valence-electron chi connectivity index (χ1n) is 7.84. The summed E-state index contributed by atoms with van der Waals surface area (Å²) in [6.07, 6.45) is -0.501. The number of thioether (sulfide) groups is 1. The number of halogens is 2. The number of alkyl carbamates (subject to hydrolysis) is 1. The summed E-state index contributed by atoms with van der Waals surface area (Å²) >= 11 is 5.28. The maximum absolute atomic E-state index is 13.3. The summed E-state index contributed by atoms with van der Waals surface area (Å²) in [7, 11) is 0. The number of ether oxygens (including phenoxy) is 1. The van der Waals surface area contributed by atoms with Crippen molar-refractivity contribution >= 4 is 57.1 Å². The lowest BCUT2D eigenvalue weighted by Crippen LogP contribution is -2.33. The van der Waals surface area contributed by atoms with Gasteiger partial charge in [0.25, 0.3) is 5.91 Å². The van der Waals surface area contributed by atoms with E-state index >= 15 is 0 Å². The Morgan fingerprint density at radius 1 is 1.33 bits per heavy atom. The van der Waals surface area contributed by atoms with Crippen LogP contribution in [0, 0.1) is 5.82 Å². The third-order valence-electron chi connectivity index (χ3n) is 2.86. The van der Waals surface area contributed by atoms with Gasteiger partial charge < -0.3 is 15.4 Å². The summed E-state index contributed by atoms with van der Waals surface area (Å²) in [5, 5.41) is 5.75. The van der Waals surface area contributed by atoms with E-state index in [9.17, 15) is 14.0 Å². The molecule has 0 fully saturated rings. The molecule has 0 spiro atoms. The standard InChI is InChI=1S/C16H18BrFN4O3S2/c1-16(2,3)25-15(24)19-6-7-26-14-12(21-27-22-14)13(23)20-9-4-5-11(18)10(17)8-9/h4-5,8H,6-7H2,1-3H3,(H,19,24)(H,20,23). The SMILES string of the molecule is CC(C)(C)OC(=O)NCCSc1nsnc1C(=O)Nc1ccc(F)c(Br)c1. The van der Waals surface area contributed by atoms with Gasteiger partial charge in [-0.1, -0.05) is 0 Å². The molecule has 0 bridgehead atoms. The van der Waals surface area contributed by atoms with Crippen LogP contribution in [0.5, 0.6) is 0 Å². The normalized spacial score (nSPS) is 11.1. The van der Waals surface area contributed by atoms with Gasteiger partial charge in [0.2, 0.25) is 0 Å². The minimum absolute atomic E-state index is 0.183. The van der Waals surface area contributed by atoms with Crippen LogP contribution in [0.3, 0.4) is 0 Å². The first-order chi connectivity index (χ1) is 12.7. The number of benzene rings is 1. The van der Waals surface area contributed by atoms with Crippen molar-refractivity contribution in [3.05, 3.63) is 34.2 Å². The highest BCUT2D eigenvalue weighted by atomic mass is 79.9. The molecule has 0 aliphatic heterocycles. The number of anilines is 1. The molecule has 146 valence electrons. The molecule has 27 heavy (non-hydrogen) atoms. The second kappa shape index (κ2) is 9.47. The van der Waals surface area contributed by atoms with E-state index in [-0.39, 0.29) is 10.2 Å². The molecule has 0 atom stereocenters. The van der Waals surface area contributed by atoms with Gasteiger partial charge in [-0.3, -0.25) is 4.79 Å². The zero-order valence-electron chi connectivity index (χ0n) is 14.8. The minimum Gasteiger partial charge on any atom is -0.444 e. The topological polar surface area (TPSA) is 93.2 Å². The highest BCUT2D eigenvalue weighted by Crippen LogP contribution is 2.23. The molecule has 1 aromatic heterocycles. The number of carbonyl (C=O) groups excluding carboxylic acids is 2. The van der Waals surface area contributed by atoms with Crippen LogP contribution in [0.2, 0.25) is 0 Å². The molecule has 0 aliphatic rings. The van der Waals surface area contributed by atoms with E-state index in [0.29, 0.717) is 23.0 Å². The molecule has 2 rings (SSSR count). The molecule has 1 aromatic carbocycles. The van der Waals surface area contributed by atoms with Gasteiger partial charge in [0.15, 0.2) is 5.69 Å². The van der Waals surface area contributed by atoms with Crippen molar-refractivity contribution < 1.29 is 18.7 Å². The summed E-state index contributed by atoms with van der Waals surface area (Å²) in [4.78, 5) is 24.0. The third kappa shape index (κ3) is 7.07. The Morgan fingerprint density at radius 2 is 2.07 bits per heavy atom. The maximum atomic E-state index is 13.3. The molecule has 0 aliphatic carbocycles. The van der Waals surface area contributed by atoms with Crippen LogP contribution < -0.4 is 10.6 Å². The predicted molar refractivity (Wildman–Crippen MR) is 107 cm³/mol. The number of hydrogen-bond donors (Lipinski definition) is 2. The Morgan fingerprint density at radius 3 is 2.74 bits per heavy atom. The average molecular weight is 477 g/mol. The Hall–Kier alpha value is -1.72. The van der Waals surface area contributed by atoms with E-state index < -0.39 is 23.4 Å². The molecule has 0 saturated carbocycles. The molecule has 0 saturated heterocycles. The van der Waals surface area contributed by atoms with Gasteiger partial charge in [-0.2, -0.15) is 8.75 Å². The maximum Gasteiger partial charge on any atom is 0.407 e. The molecule has 2 amide bonds. The summed E-state index contributed by atoms with van der Waals surface area (Å²) in [5.41, 5.74) is 0.0583. The zero-order chi connectivity index (χ0) is 20.0. The molecule has 0 unspecified atom stereocenters. The number of nitrogens with one attached hydrogen (secondary N) is 2. The monoisotopic (exact) mass is 476 g/mol. The summed E-state index contributed by atoms with van der Waals surface area (Å²) in [6, 6.07) is 4.16. The van der Waals surface area contributed by atoms with Gasteiger partial charge in [-0.25, -0.2) is 9.18 Å². The number of hydrogen-bond acceptors (Lipinski definition) is 7. The summed E-state index contributed by atoms with van der Waals surface area (Å²) in [6.45, 7) is 5.70. The molecular formula is C16H18BrFN4O3S2. The average Bonchev–Trinajstić information content (AvgIpc) is 3.02. The molecule has 2 aromatic rings. The van der Waals surface area contributed by atoms with E-state index in [1.165, 1.54) is 30.0 Å². The first kappa shape index (κ1) is 21.6. The lowest BCUT2D eigenvalue weighted by Gasteiger charge is -2.19. The Balaban J connectivity index is 1.86. The van der Waals surface area contributed by atoms with Gasteiger partial charge in [-0.15, -0.1) is 11.8 Å². The van der Waals surface area contributed by atoms with Crippen molar-refractivity contribution in [2.75, 3.05) is 17.6 Å². The second-order valence-electron chi connectivity index (χ2n) is 6.28. The predicted octanol–water partition coefficient (Wildman–Crippen LogP) is 4.31. The van der Waals surface area contributed by atoms with Crippen LogP contribution in [-0.2, 0) is 4.74 Å². The smallest absolute Gasteiger partial charge is 0.407 e. The van der Waals surface area contributed by atoms with Crippen LogP contribution in [0.15, 0.2) is 27.7 Å². The van der Waals surface area contributed by atoms with Gasteiger partial charge in [0.1, 0.15) is 16.4 Å². The Labute approximate surface area is 172 Å². The lowest BCUT2D eigenvalue weighted by molar-refractivity contribution is 0.0531. The van der Waals surface area contributed by atoms with E-state index in [1.54, 1.807) is 20.8 Å². The Bertz CT molecular complexity index is 826. The van der Waals surface area contributed by atoms with Crippen molar-refractivity contribution in [1.82, 2.24) is 14.1 Å². The van der Waals surface area contributed by atoms with E-state index in [2.05, 4.69) is 35.3 Å². The van der Waals surface area contributed by atoms with Gasteiger partial charge >= 0.3 is 6.09 Å². The van der Waals surface area contributed by atoms with Gasteiger partial charge in [0.05, 0.1) is 16.2 Å². The number of rotatable bonds is 6. The third-order valence-corrected chi connectivity index (χ3v) is 5.08. The fourth-order valence-corrected chi connectivity index (χ4v) is 3.67. The minimum atomic E-state index is -0.559. The Kier molecular flexibility index (Phi) is 7.57. The number of amides is 2. The van der Waals surface area contributed by atoms with Crippen molar-refractivity contribution in [2.24, 2.45) is 0 Å². The molecule has 11 heteroatoms. The molecule has 1 heterocycles. The van der Waals surface area contributed by atoms with Crippen molar-refractivity contribution in [2.45, 2.75) is 31.4 Å². The van der Waals surface area contributed by atoms with Crippen LogP contribution in [0.25, 0.3) is 0 Å². The van der Waals surface area contributed by atoms with Crippen molar-refractivity contribution in [1.29, 1.82) is 0 Å². The fraction of sp³-hybridized carbons (Fsp3) is 0.375. The molecule has 2 N–H and O–H groups in total. The first-order valence-corrected chi connectivity index (χ1v) is 10.4. The van der Waals surface area contributed by atoms with Crippen molar-refractivity contribution in [3.8, 4) is 0 Å². The number of nitrogens with zero attached hydrogens (tertiary/aromatic N) is 2. The largest absolute Gasteiger partial charge is 0.444 e. The summed E-state index contributed by atoms with van der Waals surface area (Å²) < 4.78 is 26.8. The van der Waals surface area contributed by atoms with Crippen molar-refractivity contribution in [3.63, 3.8) is 0 Å². The van der Waals surface area contributed by atoms with Crippen LogP contribution in [0.1, 0.15) is 31.3 Å². The second-order valence-corrected chi connectivity index (χ2v) is 8.74. The highest BCUT2D eigenvalue weighted by Gasteiger charge is 2.18. The van der Waals surface area contributed by atoms with E-state index in [0.717, 1.165) is 11.7 Å². The number of carbonyl (C=O) groups is 2. The summed E-state index contributed by atoms with van der Waals surface area (Å²) in [5.74, 6) is -0.366. The van der Waals surface area contributed by atoms with E-state index in [4.69, 9.17) is 4.74 Å². The van der Waals surface area contributed by atoms with Crippen LogP contribution in [0.4, 0.5) is 14.9 Å². The quantitative estimate of drug-likeness (QED) is 0.476. The molecular weight excluding hydrogens is 459 g/mol. The van der Waals surface area contributed by atoms with Gasteiger partial charge in [0, 0.05) is 18.0 Å². The highest BCUT2D eigenvalue weighted by molar-refractivity contribution is 9.10. The van der Waals surface area contributed by atoms with E-state index in [1.807, 2.05) is 0 Å². The van der Waals surface area contributed by atoms with Crippen LogP contribution >= 0.6 is 39.4 Å². The van der Waals surface area contributed by atoms with Gasteiger partial charge in [-0.05, 0) is 54.9 Å².